The van der Waals surface area contributed by atoms with Gasteiger partial charge in [-0.05, 0) is 42.4 Å². The lowest BCUT2D eigenvalue weighted by Crippen LogP contribution is -2.49. The van der Waals surface area contributed by atoms with E-state index in [1.165, 1.54) is 5.56 Å². The van der Waals surface area contributed by atoms with E-state index in [1.807, 2.05) is 6.07 Å². The fourth-order valence-electron chi connectivity index (χ4n) is 3.77. The molecule has 1 atom stereocenters. The van der Waals surface area contributed by atoms with Crippen LogP contribution < -0.4 is 10.6 Å². The summed E-state index contributed by atoms with van der Waals surface area (Å²) in [5.74, 6) is 0.0925. The SMILES string of the molecule is C=C(C#N)C(=O)NCC(NC(=O)CCc1nc2ccc(C(C)C)cc2s1)C1CCOCC1. The van der Waals surface area contributed by atoms with E-state index in [2.05, 4.69) is 48.2 Å². The standard InChI is InChI=1S/C24H30N4O3S/c1-15(2)18-4-5-19-21(12-18)32-23(28-19)7-6-22(29)27-20(17-8-10-31-11-9-17)14-26-24(30)16(3)13-25/h4-5,12,15,17,20H,3,6-11,14H2,1-2H3,(H,26,30)(H,27,29). The summed E-state index contributed by atoms with van der Waals surface area (Å²) < 4.78 is 6.57. The Morgan fingerprint density at radius 2 is 2.09 bits per heavy atom. The molecule has 0 saturated carbocycles. The van der Waals surface area contributed by atoms with Crippen molar-refractivity contribution in [1.29, 1.82) is 5.26 Å². The Hall–Kier alpha value is -2.76. The average molecular weight is 455 g/mol. The van der Waals surface area contributed by atoms with Crippen molar-refractivity contribution < 1.29 is 14.3 Å². The normalized spacial score (nSPS) is 15.3. The van der Waals surface area contributed by atoms with Gasteiger partial charge in [0, 0.05) is 38.6 Å². The fraction of sp³-hybridized carbons (Fsp3) is 0.500. The van der Waals surface area contributed by atoms with Gasteiger partial charge in [0.05, 0.1) is 15.2 Å². The minimum Gasteiger partial charge on any atom is -0.381 e. The van der Waals surface area contributed by atoms with Crippen molar-refractivity contribution in [2.75, 3.05) is 19.8 Å². The summed E-state index contributed by atoms with van der Waals surface area (Å²) in [6.07, 6.45) is 2.53. The second kappa shape index (κ2) is 11.2. The maximum Gasteiger partial charge on any atom is 0.261 e. The van der Waals surface area contributed by atoms with Crippen molar-refractivity contribution in [3.63, 3.8) is 0 Å². The van der Waals surface area contributed by atoms with Crippen LogP contribution in [0, 0.1) is 17.2 Å². The summed E-state index contributed by atoms with van der Waals surface area (Å²) in [7, 11) is 0. The van der Waals surface area contributed by atoms with Gasteiger partial charge >= 0.3 is 0 Å². The molecule has 1 fully saturated rings. The summed E-state index contributed by atoms with van der Waals surface area (Å²) in [5, 5.41) is 15.6. The first-order chi connectivity index (χ1) is 15.4. The van der Waals surface area contributed by atoms with E-state index in [-0.39, 0.29) is 30.0 Å². The van der Waals surface area contributed by atoms with Gasteiger partial charge in [0.15, 0.2) is 0 Å². The Balaban J connectivity index is 1.59. The highest BCUT2D eigenvalue weighted by molar-refractivity contribution is 7.18. The lowest BCUT2D eigenvalue weighted by atomic mass is 9.91. The molecule has 2 amide bonds. The van der Waals surface area contributed by atoms with Crippen LogP contribution in [-0.4, -0.2) is 42.6 Å². The van der Waals surface area contributed by atoms with Crippen LogP contribution in [0.4, 0.5) is 0 Å². The quantitative estimate of drug-likeness (QED) is 0.446. The molecular weight excluding hydrogens is 424 g/mol. The van der Waals surface area contributed by atoms with E-state index < -0.39 is 5.91 Å². The van der Waals surface area contributed by atoms with Gasteiger partial charge in [-0.3, -0.25) is 9.59 Å². The molecule has 1 unspecified atom stereocenters. The smallest absolute Gasteiger partial charge is 0.261 e. The van der Waals surface area contributed by atoms with Crippen molar-refractivity contribution >= 4 is 33.4 Å². The molecule has 0 spiro atoms. The van der Waals surface area contributed by atoms with E-state index in [9.17, 15) is 9.59 Å². The third-order valence-electron chi connectivity index (χ3n) is 5.76. The van der Waals surface area contributed by atoms with Gasteiger partial charge in [-0.15, -0.1) is 11.3 Å². The van der Waals surface area contributed by atoms with Gasteiger partial charge in [0.25, 0.3) is 5.91 Å². The maximum absolute atomic E-state index is 12.7. The molecule has 0 aliphatic carbocycles. The minimum absolute atomic E-state index is 0.0722. The van der Waals surface area contributed by atoms with Gasteiger partial charge in [-0.1, -0.05) is 26.5 Å². The molecule has 7 nitrogen and oxygen atoms in total. The van der Waals surface area contributed by atoms with Crippen LogP contribution in [0.1, 0.15) is 49.6 Å². The van der Waals surface area contributed by atoms with Gasteiger partial charge < -0.3 is 15.4 Å². The highest BCUT2D eigenvalue weighted by atomic mass is 32.1. The number of hydrogen-bond acceptors (Lipinski definition) is 6. The van der Waals surface area contributed by atoms with Gasteiger partial charge in [0.2, 0.25) is 5.91 Å². The van der Waals surface area contributed by atoms with Crippen LogP contribution in [0.3, 0.4) is 0 Å². The van der Waals surface area contributed by atoms with Gasteiger partial charge in [-0.2, -0.15) is 5.26 Å². The minimum atomic E-state index is -0.506. The summed E-state index contributed by atoms with van der Waals surface area (Å²) in [4.78, 5) is 29.3. The Kier molecular flexibility index (Phi) is 8.37. The van der Waals surface area contributed by atoms with Crippen molar-refractivity contribution in [2.45, 2.75) is 51.5 Å². The second-order valence-electron chi connectivity index (χ2n) is 8.41. The molecule has 8 heteroatoms. The first kappa shape index (κ1) is 23.9. The number of fused-ring (bicyclic) bond motifs is 1. The largest absolute Gasteiger partial charge is 0.381 e. The second-order valence-corrected chi connectivity index (χ2v) is 9.53. The van der Waals surface area contributed by atoms with Crippen molar-refractivity contribution in [3.05, 3.63) is 40.9 Å². The number of hydrogen-bond donors (Lipinski definition) is 2. The number of rotatable bonds is 9. The maximum atomic E-state index is 12.7. The Labute approximate surface area is 192 Å². The number of carbonyl (C=O) groups excluding carboxylic acids is 2. The summed E-state index contributed by atoms with van der Waals surface area (Å²) in [5.41, 5.74) is 2.11. The zero-order valence-corrected chi connectivity index (χ0v) is 19.5. The number of nitriles is 1. The number of aryl methyl sites for hydroxylation is 1. The van der Waals surface area contributed by atoms with Crippen LogP contribution in [-0.2, 0) is 20.7 Å². The zero-order valence-electron chi connectivity index (χ0n) is 18.6. The number of benzene rings is 1. The fourth-order valence-corrected chi connectivity index (χ4v) is 4.78. The first-order valence-corrected chi connectivity index (χ1v) is 11.8. The molecule has 32 heavy (non-hydrogen) atoms. The van der Waals surface area contributed by atoms with Crippen LogP contribution >= 0.6 is 11.3 Å². The molecule has 170 valence electrons. The van der Waals surface area contributed by atoms with E-state index in [1.54, 1.807) is 17.4 Å². The number of thiazole rings is 1. The van der Waals surface area contributed by atoms with E-state index in [0.717, 1.165) is 28.1 Å². The lowest BCUT2D eigenvalue weighted by molar-refractivity contribution is -0.123. The Morgan fingerprint density at radius 1 is 1.34 bits per heavy atom. The molecule has 2 N–H and O–H groups in total. The molecule has 2 aromatic rings. The molecule has 1 aliphatic rings. The Bertz CT molecular complexity index is 1020. The van der Waals surface area contributed by atoms with Gasteiger partial charge in [-0.25, -0.2) is 4.98 Å². The predicted molar refractivity (Wildman–Crippen MR) is 125 cm³/mol. The van der Waals surface area contributed by atoms with Crippen LogP contribution in [0.5, 0.6) is 0 Å². The molecule has 3 rings (SSSR count). The van der Waals surface area contributed by atoms with Gasteiger partial charge in [0.1, 0.15) is 11.6 Å². The highest BCUT2D eigenvalue weighted by Gasteiger charge is 2.26. The highest BCUT2D eigenvalue weighted by Crippen LogP contribution is 2.27. The molecule has 0 bridgehead atoms. The molecule has 2 heterocycles. The monoisotopic (exact) mass is 454 g/mol. The number of carbonyl (C=O) groups is 2. The average Bonchev–Trinajstić information content (AvgIpc) is 3.22. The lowest BCUT2D eigenvalue weighted by Gasteiger charge is -2.31. The predicted octanol–water partition coefficient (Wildman–Crippen LogP) is 3.46. The third-order valence-corrected chi connectivity index (χ3v) is 6.84. The van der Waals surface area contributed by atoms with Crippen LogP contribution in [0.15, 0.2) is 30.4 Å². The molecular formula is C24H30N4O3S. The number of aromatic nitrogens is 1. The number of amides is 2. The van der Waals surface area contributed by atoms with Crippen LogP contribution in [0.2, 0.25) is 0 Å². The number of nitrogens with zero attached hydrogens (tertiary/aromatic N) is 2. The zero-order chi connectivity index (χ0) is 23.1. The summed E-state index contributed by atoms with van der Waals surface area (Å²) >= 11 is 1.63. The molecule has 1 aromatic carbocycles. The third kappa shape index (κ3) is 6.38. The number of ether oxygens (including phenoxy) is 1. The first-order valence-electron chi connectivity index (χ1n) is 11.0. The molecule has 1 aromatic heterocycles. The van der Waals surface area contributed by atoms with E-state index in [4.69, 9.17) is 10.00 Å². The molecule has 1 aliphatic heterocycles. The van der Waals surface area contributed by atoms with Crippen LogP contribution in [0.25, 0.3) is 10.2 Å². The topological polar surface area (TPSA) is 104 Å². The Morgan fingerprint density at radius 3 is 2.78 bits per heavy atom. The molecule has 1 saturated heterocycles. The summed E-state index contributed by atoms with van der Waals surface area (Å²) in [6, 6.07) is 7.87. The van der Waals surface area contributed by atoms with Crippen molar-refractivity contribution in [1.82, 2.24) is 15.6 Å². The van der Waals surface area contributed by atoms with E-state index >= 15 is 0 Å². The van der Waals surface area contributed by atoms with Crippen molar-refractivity contribution in [2.24, 2.45) is 5.92 Å². The van der Waals surface area contributed by atoms with Crippen molar-refractivity contribution in [3.8, 4) is 6.07 Å². The molecule has 0 radical (unpaired) electrons. The summed E-state index contributed by atoms with van der Waals surface area (Å²) in [6.45, 7) is 9.31. The number of nitrogens with one attached hydrogen (secondary N) is 2. The van der Waals surface area contributed by atoms with E-state index in [0.29, 0.717) is 32.0 Å².